The van der Waals surface area contributed by atoms with Crippen LogP contribution in [0, 0.1) is 16.7 Å². The van der Waals surface area contributed by atoms with Gasteiger partial charge in [-0.3, -0.25) is 4.79 Å². The quantitative estimate of drug-likeness (QED) is 0.675. The Labute approximate surface area is 78.4 Å². The van der Waals surface area contributed by atoms with E-state index in [1.165, 1.54) is 6.42 Å². The lowest BCUT2D eigenvalue weighted by molar-refractivity contribution is -0.146. The van der Waals surface area contributed by atoms with Crippen molar-refractivity contribution in [2.75, 3.05) is 0 Å². The van der Waals surface area contributed by atoms with Crippen molar-refractivity contribution in [1.29, 1.82) is 5.26 Å². The molecular formula is C10H15NO2. The number of hydrogen-bond acceptors (Lipinski definition) is 2. The molecule has 1 fully saturated rings. The summed E-state index contributed by atoms with van der Waals surface area (Å²) in [6.45, 7) is 0. The molecule has 72 valence electrons. The Morgan fingerprint density at radius 1 is 1.15 bits per heavy atom. The average molecular weight is 181 g/mol. The molecule has 0 atom stereocenters. The van der Waals surface area contributed by atoms with Gasteiger partial charge < -0.3 is 5.11 Å². The zero-order valence-electron chi connectivity index (χ0n) is 7.75. The summed E-state index contributed by atoms with van der Waals surface area (Å²) >= 11 is 0. The van der Waals surface area contributed by atoms with Crippen LogP contribution < -0.4 is 0 Å². The molecule has 0 radical (unpaired) electrons. The standard InChI is InChI=1S/C10H15NO2/c11-8-10(9(12)13)6-4-2-1-3-5-7-10/h1-7H2,(H,12,13). The van der Waals surface area contributed by atoms with Crippen molar-refractivity contribution < 1.29 is 9.90 Å². The van der Waals surface area contributed by atoms with E-state index in [9.17, 15) is 4.79 Å². The Balaban J connectivity index is 2.71. The van der Waals surface area contributed by atoms with Crippen molar-refractivity contribution in [2.45, 2.75) is 44.9 Å². The van der Waals surface area contributed by atoms with Gasteiger partial charge in [-0.15, -0.1) is 0 Å². The molecule has 0 spiro atoms. The summed E-state index contributed by atoms with van der Waals surface area (Å²) in [5.41, 5.74) is -1.08. The number of nitrogens with zero attached hydrogens (tertiary/aromatic N) is 1. The van der Waals surface area contributed by atoms with Gasteiger partial charge in [-0.25, -0.2) is 0 Å². The number of nitriles is 1. The Hall–Kier alpha value is -1.04. The normalized spacial score (nSPS) is 22.4. The smallest absolute Gasteiger partial charge is 0.324 e. The minimum Gasteiger partial charge on any atom is -0.480 e. The van der Waals surface area contributed by atoms with Crippen LogP contribution in [0.5, 0.6) is 0 Å². The van der Waals surface area contributed by atoms with E-state index in [-0.39, 0.29) is 0 Å². The van der Waals surface area contributed by atoms with Gasteiger partial charge in [-0.2, -0.15) is 5.26 Å². The van der Waals surface area contributed by atoms with Crippen LogP contribution in [0.3, 0.4) is 0 Å². The molecule has 1 rings (SSSR count). The second-order valence-corrected chi connectivity index (χ2v) is 3.77. The highest BCUT2D eigenvalue weighted by Crippen LogP contribution is 2.33. The molecule has 0 saturated heterocycles. The van der Waals surface area contributed by atoms with Crippen molar-refractivity contribution in [3.05, 3.63) is 0 Å². The second kappa shape index (κ2) is 4.27. The average Bonchev–Trinajstić information content (AvgIpc) is 2.04. The zero-order valence-corrected chi connectivity index (χ0v) is 7.75. The fourth-order valence-electron chi connectivity index (χ4n) is 1.88. The molecule has 0 heterocycles. The number of rotatable bonds is 1. The summed E-state index contributed by atoms with van der Waals surface area (Å²) in [4.78, 5) is 10.9. The van der Waals surface area contributed by atoms with Gasteiger partial charge in [0.05, 0.1) is 6.07 Å². The van der Waals surface area contributed by atoms with Gasteiger partial charge in [0, 0.05) is 0 Å². The van der Waals surface area contributed by atoms with E-state index in [2.05, 4.69) is 0 Å². The molecule has 3 heteroatoms. The van der Waals surface area contributed by atoms with Gasteiger partial charge in [0.25, 0.3) is 0 Å². The molecule has 1 aliphatic rings. The minimum absolute atomic E-state index is 0.527. The largest absolute Gasteiger partial charge is 0.480 e. The van der Waals surface area contributed by atoms with Crippen LogP contribution in [0.1, 0.15) is 44.9 Å². The van der Waals surface area contributed by atoms with Crippen LogP contribution in [0.2, 0.25) is 0 Å². The molecule has 0 aliphatic heterocycles. The lowest BCUT2D eigenvalue weighted by Gasteiger charge is -2.23. The molecular weight excluding hydrogens is 166 g/mol. The highest BCUT2D eigenvalue weighted by molar-refractivity contribution is 5.77. The van der Waals surface area contributed by atoms with E-state index in [0.29, 0.717) is 12.8 Å². The van der Waals surface area contributed by atoms with Crippen LogP contribution in [-0.4, -0.2) is 11.1 Å². The number of aliphatic carboxylic acids is 1. The fourth-order valence-corrected chi connectivity index (χ4v) is 1.88. The molecule has 0 bridgehead atoms. The third-order valence-corrected chi connectivity index (χ3v) is 2.83. The minimum atomic E-state index is -1.08. The van der Waals surface area contributed by atoms with Gasteiger partial charge in [-0.05, 0) is 12.8 Å². The molecule has 1 aliphatic carbocycles. The van der Waals surface area contributed by atoms with Crippen molar-refractivity contribution in [3.63, 3.8) is 0 Å². The Morgan fingerprint density at radius 3 is 2.00 bits per heavy atom. The van der Waals surface area contributed by atoms with Crippen LogP contribution >= 0.6 is 0 Å². The molecule has 0 aromatic rings. The van der Waals surface area contributed by atoms with E-state index in [4.69, 9.17) is 10.4 Å². The number of carbonyl (C=O) groups is 1. The SMILES string of the molecule is N#CC1(C(=O)O)CCCCCCC1. The first-order chi connectivity index (χ1) is 6.21. The Kier molecular flexibility index (Phi) is 3.30. The predicted molar refractivity (Wildman–Crippen MR) is 48.0 cm³/mol. The molecule has 0 aromatic carbocycles. The first-order valence-electron chi connectivity index (χ1n) is 4.86. The summed E-state index contributed by atoms with van der Waals surface area (Å²) in [5.74, 6) is -0.933. The second-order valence-electron chi connectivity index (χ2n) is 3.77. The maximum absolute atomic E-state index is 10.9. The van der Waals surface area contributed by atoms with Crippen molar-refractivity contribution in [1.82, 2.24) is 0 Å². The van der Waals surface area contributed by atoms with E-state index in [0.717, 1.165) is 25.7 Å². The van der Waals surface area contributed by atoms with Crippen LogP contribution in [0.25, 0.3) is 0 Å². The first kappa shape index (κ1) is 10.0. The van der Waals surface area contributed by atoms with Crippen molar-refractivity contribution in [3.8, 4) is 6.07 Å². The van der Waals surface area contributed by atoms with Crippen LogP contribution in [0.15, 0.2) is 0 Å². The maximum atomic E-state index is 10.9. The third kappa shape index (κ3) is 2.21. The lowest BCUT2D eigenvalue weighted by atomic mass is 9.77. The number of carboxylic acid groups (broad SMARTS) is 1. The predicted octanol–water partition coefficient (Wildman–Crippen LogP) is 2.33. The van der Waals surface area contributed by atoms with E-state index in [1.807, 2.05) is 6.07 Å². The number of hydrogen-bond donors (Lipinski definition) is 1. The van der Waals surface area contributed by atoms with E-state index >= 15 is 0 Å². The molecule has 3 nitrogen and oxygen atoms in total. The molecule has 0 aromatic heterocycles. The fraction of sp³-hybridized carbons (Fsp3) is 0.800. The van der Waals surface area contributed by atoms with Gasteiger partial charge in [0.2, 0.25) is 0 Å². The summed E-state index contributed by atoms with van der Waals surface area (Å²) in [6, 6.07) is 1.99. The van der Waals surface area contributed by atoms with Gasteiger partial charge in [-0.1, -0.05) is 32.1 Å². The van der Waals surface area contributed by atoms with Crippen molar-refractivity contribution in [2.24, 2.45) is 5.41 Å². The molecule has 13 heavy (non-hydrogen) atoms. The summed E-state index contributed by atoms with van der Waals surface area (Å²) in [5, 5.41) is 17.9. The summed E-state index contributed by atoms with van der Waals surface area (Å²) in [6.07, 6.45) is 6.12. The Bertz CT molecular complexity index is 222. The molecule has 1 saturated carbocycles. The van der Waals surface area contributed by atoms with Crippen LogP contribution in [0.4, 0.5) is 0 Å². The summed E-state index contributed by atoms with van der Waals surface area (Å²) in [7, 11) is 0. The van der Waals surface area contributed by atoms with Gasteiger partial charge in [0.15, 0.2) is 5.41 Å². The highest BCUT2D eigenvalue weighted by atomic mass is 16.4. The molecule has 0 unspecified atom stereocenters. The molecule has 0 amide bonds. The van der Waals surface area contributed by atoms with Crippen LogP contribution in [-0.2, 0) is 4.79 Å². The summed E-state index contributed by atoms with van der Waals surface area (Å²) < 4.78 is 0. The highest BCUT2D eigenvalue weighted by Gasteiger charge is 2.38. The Morgan fingerprint density at radius 2 is 1.62 bits per heavy atom. The monoisotopic (exact) mass is 181 g/mol. The number of carboxylic acids is 1. The van der Waals surface area contributed by atoms with Crippen molar-refractivity contribution >= 4 is 5.97 Å². The van der Waals surface area contributed by atoms with E-state index < -0.39 is 11.4 Å². The topological polar surface area (TPSA) is 61.1 Å². The molecule has 1 N–H and O–H groups in total. The lowest BCUT2D eigenvalue weighted by Crippen LogP contribution is -2.30. The third-order valence-electron chi connectivity index (χ3n) is 2.83. The van der Waals surface area contributed by atoms with Gasteiger partial charge >= 0.3 is 5.97 Å². The zero-order chi connectivity index (χ0) is 9.73. The van der Waals surface area contributed by atoms with E-state index in [1.54, 1.807) is 0 Å². The maximum Gasteiger partial charge on any atom is 0.324 e. The van der Waals surface area contributed by atoms with Gasteiger partial charge in [0.1, 0.15) is 0 Å². The first-order valence-corrected chi connectivity index (χ1v) is 4.86.